The maximum atomic E-state index is 12.9. The maximum absolute atomic E-state index is 12.9. The van der Waals surface area contributed by atoms with Crippen molar-refractivity contribution in [3.8, 4) is 0 Å². The minimum atomic E-state index is -0.188. The van der Waals surface area contributed by atoms with Crippen LogP contribution in [0.4, 0.5) is 5.69 Å². The van der Waals surface area contributed by atoms with Crippen LogP contribution in [0.3, 0.4) is 0 Å². The van der Waals surface area contributed by atoms with Gasteiger partial charge in [-0.15, -0.1) is 0 Å². The molecular weight excluding hydrogens is 342 g/mol. The molecule has 0 fully saturated rings. The van der Waals surface area contributed by atoms with Crippen molar-refractivity contribution in [2.24, 2.45) is 0 Å². The predicted octanol–water partition coefficient (Wildman–Crippen LogP) is 5.06. The molecule has 0 unspecified atom stereocenters. The molecule has 1 amide bonds. The first-order valence-corrected chi connectivity index (χ1v) is 8.46. The first kappa shape index (κ1) is 15.1. The molecule has 4 rings (SSSR count). The highest BCUT2D eigenvalue weighted by atomic mass is 35.5. The average molecular weight is 354 g/mol. The van der Waals surface area contributed by atoms with Crippen molar-refractivity contribution >= 4 is 56.7 Å². The minimum absolute atomic E-state index is 0.188. The Bertz CT molecular complexity index is 1090. The fraction of sp³-hybridized carbons (Fsp3) is 0.0556. The Morgan fingerprint density at radius 1 is 1.04 bits per heavy atom. The fourth-order valence-electron chi connectivity index (χ4n) is 2.76. The van der Waals surface area contributed by atoms with Crippen molar-refractivity contribution in [1.82, 2.24) is 8.75 Å². The van der Waals surface area contributed by atoms with E-state index in [1.165, 1.54) is 0 Å². The molecule has 1 heterocycles. The van der Waals surface area contributed by atoms with Crippen LogP contribution in [0, 0.1) is 6.92 Å². The number of fused-ring (bicyclic) bond motifs is 2. The molecule has 4 aromatic rings. The van der Waals surface area contributed by atoms with Gasteiger partial charge in [0.15, 0.2) is 0 Å². The second kappa shape index (κ2) is 5.85. The second-order valence-corrected chi connectivity index (χ2v) is 6.42. The van der Waals surface area contributed by atoms with E-state index in [-0.39, 0.29) is 5.91 Å². The van der Waals surface area contributed by atoms with Gasteiger partial charge >= 0.3 is 0 Å². The molecule has 1 aromatic heterocycles. The van der Waals surface area contributed by atoms with E-state index in [0.29, 0.717) is 21.8 Å². The van der Waals surface area contributed by atoms with E-state index in [9.17, 15) is 4.79 Å². The third-order valence-corrected chi connectivity index (χ3v) is 4.86. The van der Waals surface area contributed by atoms with Crippen LogP contribution >= 0.6 is 23.3 Å². The summed E-state index contributed by atoms with van der Waals surface area (Å²) in [7, 11) is 0. The topological polar surface area (TPSA) is 54.9 Å². The number of hydrogen-bond acceptors (Lipinski definition) is 4. The molecule has 24 heavy (non-hydrogen) atoms. The van der Waals surface area contributed by atoms with Crippen LogP contribution in [0.2, 0.25) is 5.02 Å². The smallest absolute Gasteiger partial charge is 0.256 e. The summed E-state index contributed by atoms with van der Waals surface area (Å²) in [6.07, 6.45) is 0. The molecule has 0 atom stereocenters. The highest BCUT2D eigenvalue weighted by molar-refractivity contribution is 7.00. The number of hydrogen-bond donors (Lipinski definition) is 1. The Morgan fingerprint density at radius 2 is 1.83 bits per heavy atom. The lowest BCUT2D eigenvalue weighted by Crippen LogP contribution is -2.13. The molecule has 0 radical (unpaired) electrons. The quantitative estimate of drug-likeness (QED) is 0.548. The van der Waals surface area contributed by atoms with Gasteiger partial charge in [0.1, 0.15) is 11.0 Å². The summed E-state index contributed by atoms with van der Waals surface area (Å²) in [6, 6.07) is 14.9. The van der Waals surface area contributed by atoms with Gasteiger partial charge in [-0.05, 0) is 36.1 Å². The number of carbonyl (C=O) groups excluding carboxylic acids is 1. The molecule has 0 spiro atoms. The zero-order valence-corrected chi connectivity index (χ0v) is 14.3. The molecular formula is C18H12ClN3OS. The molecule has 0 saturated carbocycles. The number of rotatable bonds is 2. The molecule has 4 nitrogen and oxygen atoms in total. The van der Waals surface area contributed by atoms with Crippen LogP contribution in [0.15, 0.2) is 48.5 Å². The zero-order valence-electron chi connectivity index (χ0n) is 12.7. The van der Waals surface area contributed by atoms with Crippen LogP contribution in [0.25, 0.3) is 21.8 Å². The lowest BCUT2D eigenvalue weighted by molar-refractivity contribution is 0.102. The molecule has 1 N–H and O–H groups in total. The van der Waals surface area contributed by atoms with Gasteiger partial charge in [0, 0.05) is 16.0 Å². The van der Waals surface area contributed by atoms with Crippen LogP contribution < -0.4 is 5.32 Å². The van der Waals surface area contributed by atoms with Gasteiger partial charge in [-0.1, -0.05) is 41.9 Å². The lowest BCUT2D eigenvalue weighted by atomic mass is 10.0. The van der Waals surface area contributed by atoms with E-state index in [4.69, 9.17) is 11.6 Å². The van der Waals surface area contributed by atoms with Gasteiger partial charge in [-0.25, -0.2) is 0 Å². The Balaban J connectivity index is 1.81. The van der Waals surface area contributed by atoms with Crippen LogP contribution in [0.1, 0.15) is 15.9 Å². The Morgan fingerprint density at radius 3 is 2.71 bits per heavy atom. The van der Waals surface area contributed by atoms with Gasteiger partial charge < -0.3 is 5.32 Å². The van der Waals surface area contributed by atoms with Crippen LogP contribution in [-0.2, 0) is 0 Å². The molecule has 0 aliphatic rings. The second-order valence-electron chi connectivity index (χ2n) is 5.48. The van der Waals surface area contributed by atoms with Crippen molar-refractivity contribution in [2.75, 3.05) is 5.32 Å². The molecule has 0 saturated heterocycles. The highest BCUT2D eigenvalue weighted by Crippen LogP contribution is 2.29. The fourth-order valence-corrected chi connectivity index (χ4v) is 3.54. The van der Waals surface area contributed by atoms with E-state index >= 15 is 0 Å². The van der Waals surface area contributed by atoms with Crippen molar-refractivity contribution in [3.63, 3.8) is 0 Å². The number of aromatic nitrogens is 2. The van der Waals surface area contributed by atoms with Gasteiger partial charge in [-0.2, -0.15) is 8.75 Å². The summed E-state index contributed by atoms with van der Waals surface area (Å²) in [4.78, 5) is 12.9. The first-order valence-electron chi connectivity index (χ1n) is 7.35. The van der Waals surface area contributed by atoms with Crippen molar-refractivity contribution in [2.45, 2.75) is 6.92 Å². The first-order chi connectivity index (χ1) is 11.6. The number of benzene rings is 3. The molecule has 6 heteroatoms. The normalized spacial score (nSPS) is 11.1. The maximum Gasteiger partial charge on any atom is 0.256 e. The molecule has 118 valence electrons. The van der Waals surface area contributed by atoms with Crippen LogP contribution in [-0.4, -0.2) is 14.7 Å². The van der Waals surface area contributed by atoms with Gasteiger partial charge in [-0.3, -0.25) is 4.79 Å². The van der Waals surface area contributed by atoms with E-state index in [1.807, 2.05) is 49.4 Å². The molecule has 0 aliphatic carbocycles. The highest BCUT2D eigenvalue weighted by Gasteiger charge is 2.15. The van der Waals surface area contributed by atoms with Crippen molar-refractivity contribution in [1.29, 1.82) is 0 Å². The average Bonchev–Trinajstić information content (AvgIpc) is 3.06. The summed E-state index contributed by atoms with van der Waals surface area (Å²) < 4.78 is 8.52. The number of anilines is 1. The summed E-state index contributed by atoms with van der Waals surface area (Å²) in [5.74, 6) is -0.188. The number of nitrogens with zero attached hydrogens (tertiary/aromatic N) is 2. The predicted molar refractivity (Wildman–Crippen MR) is 99.1 cm³/mol. The largest absolute Gasteiger partial charge is 0.320 e. The Kier molecular flexibility index (Phi) is 3.67. The van der Waals surface area contributed by atoms with Gasteiger partial charge in [0.25, 0.3) is 5.91 Å². The summed E-state index contributed by atoms with van der Waals surface area (Å²) >= 11 is 7.37. The third kappa shape index (κ3) is 2.42. The SMILES string of the molecule is Cc1ccc2nsnc2c1NC(=O)c1cccc2c(Cl)cccc12. The van der Waals surface area contributed by atoms with Crippen molar-refractivity contribution < 1.29 is 4.79 Å². The third-order valence-electron chi connectivity index (χ3n) is 3.99. The van der Waals surface area contributed by atoms with Crippen molar-refractivity contribution in [3.05, 3.63) is 64.7 Å². The summed E-state index contributed by atoms with van der Waals surface area (Å²) in [5.41, 5.74) is 3.72. The number of amides is 1. The standard InChI is InChI=1S/C18H12ClN3OS/c1-10-8-9-15-17(22-24-21-15)16(10)20-18(23)13-6-2-5-12-11(13)4-3-7-14(12)19/h2-9H,1H3,(H,20,23). The van der Waals surface area contributed by atoms with Gasteiger partial charge in [0.05, 0.1) is 17.4 Å². The Labute approximate surface area is 147 Å². The van der Waals surface area contributed by atoms with E-state index < -0.39 is 0 Å². The van der Waals surface area contributed by atoms with E-state index in [2.05, 4.69) is 14.1 Å². The monoisotopic (exact) mass is 353 g/mol. The Hall–Kier alpha value is -2.50. The minimum Gasteiger partial charge on any atom is -0.320 e. The number of nitrogens with one attached hydrogen (secondary N) is 1. The number of halogens is 1. The number of carbonyl (C=O) groups is 1. The van der Waals surface area contributed by atoms with Gasteiger partial charge in [0.2, 0.25) is 0 Å². The lowest BCUT2D eigenvalue weighted by Gasteiger charge is -2.11. The number of aryl methyl sites for hydroxylation is 1. The molecule has 3 aromatic carbocycles. The zero-order chi connectivity index (χ0) is 16.7. The molecule has 0 bridgehead atoms. The summed E-state index contributed by atoms with van der Waals surface area (Å²) in [6.45, 7) is 1.94. The van der Waals surface area contributed by atoms with E-state index in [1.54, 1.807) is 6.07 Å². The molecule has 0 aliphatic heterocycles. The summed E-state index contributed by atoms with van der Waals surface area (Å²) in [5, 5.41) is 5.30. The van der Waals surface area contributed by atoms with E-state index in [0.717, 1.165) is 33.6 Å². The van der Waals surface area contributed by atoms with Crippen LogP contribution in [0.5, 0.6) is 0 Å².